The Balaban J connectivity index is 1.67. The lowest BCUT2D eigenvalue weighted by Gasteiger charge is -2.26. The molecule has 156 valence electrons. The van der Waals surface area contributed by atoms with Crippen LogP contribution in [0.5, 0.6) is 0 Å². The van der Waals surface area contributed by atoms with Crippen molar-refractivity contribution in [1.82, 2.24) is 20.3 Å². The van der Waals surface area contributed by atoms with Crippen LogP contribution in [-0.2, 0) is 11.0 Å². The predicted molar refractivity (Wildman–Crippen MR) is 103 cm³/mol. The monoisotopic (exact) mass is 418 g/mol. The molecule has 0 spiro atoms. The minimum Gasteiger partial charge on any atom is -0.346 e. The van der Waals surface area contributed by atoms with Gasteiger partial charge >= 0.3 is 12.2 Å². The van der Waals surface area contributed by atoms with Crippen molar-refractivity contribution in [3.63, 3.8) is 0 Å². The molecule has 1 saturated heterocycles. The molecular formula is C19H17F3N6O2. The van der Waals surface area contributed by atoms with Gasteiger partial charge < -0.3 is 10.3 Å². The Morgan fingerprint density at radius 3 is 2.73 bits per heavy atom. The van der Waals surface area contributed by atoms with Crippen molar-refractivity contribution in [3.8, 4) is 0 Å². The van der Waals surface area contributed by atoms with E-state index in [1.54, 1.807) is 18.3 Å². The predicted octanol–water partition coefficient (Wildman–Crippen LogP) is 2.85. The van der Waals surface area contributed by atoms with E-state index in [4.69, 9.17) is 0 Å². The zero-order valence-electron chi connectivity index (χ0n) is 16.0. The fourth-order valence-electron chi connectivity index (χ4n) is 3.34. The standard InChI is InChI=1S/C19H17F3N6O2/c1-10-7-12(19(20,21)22)8-15(25-10)28-13(9-24-18(28)30)17(29)27(2)14-4-3-11-5-6-23-16(11)26-14/h3-8,13H,9H2,1-2H3,(H,23,26)(H,24,30). The van der Waals surface area contributed by atoms with Gasteiger partial charge in [-0.3, -0.25) is 14.6 Å². The summed E-state index contributed by atoms with van der Waals surface area (Å²) in [6, 6.07) is 5.15. The van der Waals surface area contributed by atoms with E-state index in [1.807, 2.05) is 6.07 Å². The van der Waals surface area contributed by atoms with Crippen LogP contribution < -0.4 is 15.1 Å². The van der Waals surface area contributed by atoms with Crippen molar-refractivity contribution in [1.29, 1.82) is 0 Å². The topological polar surface area (TPSA) is 94.2 Å². The van der Waals surface area contributed by atoms with Crippen LogP contribution in [0.4, 0.5) is 29.6 Å². The second kappa shape index (κ2) is 7.01. The summed E-state index contributed by atoms with van der Waals surface area (Å²) in [5, 5.41) is 3.36. The number of nitrogens with one attached hydrogen (secondary N) is 2. The quantitative estimate of drug-likeness (QED) is 0.684. The molecule has 3 aromatic rings. The van der Waals surface area contributed by atoms with Gasteiger partial charge in [-0.05, 0) is 37.3 Å². The van der Waals surface area contributed by atoms with Gasteiger partial charge in [-0.2, -0.15) is 13.2 Å². The van der Waals surface area contributed by atoms with Crippen LogP contribution in [0.1, 0.15) is 11.3 Å². The number of halogens is 3. The molecule has 4 heterocycles. The molecule has 3 aromatic heterocycles. The zero-order chi connectivity index (χ0) is 21.6. The van der Waals surface area contributed by atoms with Gasteiger partial charge in [0.25, 0.3) is 5.91 Å². The molecule has 1 fully saturated rings. The van der Waals surface area contributed by atoms with Gasteiger partial charge in [0.05, 0.1) is 5.56 Å². The van der Waals surface area contributed by atoms with Gasteiger partial charge in [-0.25, -0.2) is 14.8 Å². The van der Waals surface area contributed by atoms with Crippen LogP contribution in [0.2, 0.25) is 0 Å². The second-order valence-corrected chi connectivity index (χ2v) is 6.91. The van der Waals surface area contributed by atoms with E-state index < -0.39 is 29.7 Å². The van der Waals surface area contributed by atoms with E-state index >= 15 is 0 Å². The van der Waals surface area contributed by atoms with Crippen LogP contribution in [0, 0.1) is 6.92 Å². The van der Waals surface area contributed by atoms with E-state index in [0.717, 1.165) is 22.4 Å². The summed E-state index contributed by atoms with van der Waals surface area (Å²) < 4.78 is 39.6. The Kier molecular flexibility index (Phi) is 4.60. The van der Waals surface area contributed by atoms with Crippen LogP contribution in [0.25, 0.3) is 11.0 Å². The maximum absolute atomic E-state index is 13.2. The highest BCUT2D eigenvalue weighted by atomic mass is 19.4. The molecule has 1 aliphatic rings. The number of hydrogen-bond donors (Lipinski definition) is 2. The smallest absolute Gasteiger partial charge is 0.346 e. The van der Waals surface area contributed by atoms with Crippen molar-refractivity contribution in [2.45, 2.75) is 19.1 Å². The normalized spacial score (nSPS) is 16.8. The third-order valence-corrected chi connectivity index (χ3v) is 4.85. The minimum atomic E-state index is -4.61. The number of carbonyl (C=O) groups is 2. The van der Waals surface area contributed by atoms with Crippen molar-refractivity contribution in [3.05, 3.63) is 47.8 Å². The lowest BCUT2D eigenvalue weighted by atomic mass is 10.2. The molecule has 0 aliphatic carbocycles. The molecule has 0 saturated carbocycles. The third-order valence-electron chi connectivity index (χ3n) is 4.85. The largest absolute Gasteiger partial charge is 0.416 e. The highest BCUT2D eigenvalue weighted by Gasteiger charge is 2.41. The number of H-pyrrole nitrogens is 1. The second-order valence-electron chi connectivity index (χ2n) is 6.91. The molecule has 11 heteroatoms. The number of aromatic nitrogens is 3. The molecule has 8 nitrogen and oxygen atoms in total. The number of urea groups is 1. The summed E-state index contributed by atoms with van der Waals surface area (Å²) in [4.78, 5) is 39.1. The molecule has 0 aromatic carbocycles. The fraction of sp³-hybridized carbons (Fsp3) is 0.263. The molecule has 3 amide bonds. The highest BCUT2D eigenvalue weighted by molar-refractivity contribution is 6.07. The summed E-state index contributed by atoms with van der Waals surface area (Å²) >= 11 is 0. The minimum absolute atomic E-state index is 0.0657. The zero-order valence-corrected chi connectivity index (χ0v) is 16.0. The van der Waals surface area contributed by atoms with Gasteiger partial charge in [-0.15, -0.1) is 0 Å². The first-order valence-electron chi connectivity index (χ1n) is 9.00. The molecule has 1 atom stereocenters. The van der Waals surface area contributed by atoms with E-state index in [2.05, 4.69) is 20.3 Å². The number of anilines is 2. The lowest BCUT2D eigenvalue weighted by Crippen LogP contribution is -2.47. The number of nitrogens with zero attached hydrogens (tertiary/aromatic N) is 4. The Hall–Kier alpha value is -3.63. The number of aromatic amines is 1. The Bertz CT molecular complexity index is 1140. The molecule has 2 N–H and O–H groups in total. The number of aryl methyl sites for hydroxylation is 1. The van der Waals surface area contributed by atoms with E-state index in [9.17, 15) is 22.8 Å². The van der Waals surface area contributed by atoms with Crippen molar-refractivity contribution in [2.75, 3.05) is 23.4 Å². The van der Waals surface area contributed by atoms with Crippen LogP contribution >= 0.6 is 0 Å². The Labute approximate surface area is 168 Å². The van der Waals surface area contributed by atoms with Gasteiger partial charge in [0.2, 0.25) is 0 Å². The van der Waals surface area contributed by atoms with Crippen LogP contribution in [-0.4, -0.2) is 46.5 Å². The molecular weight excluding hydrogens is 401 g/mol. The van der Waals surface area contributed by atoms with E-state index in [0.29, 0.717) is 11.5 Å². The maximum Gasteiger partial charge on any atom is 0.416 e. The van der Waals surface area contributed by atoms with E-state index in [-0.39, 0.29) is 18.1 Å². The fourth-order valence-corrected chi connectivity index (χ4v) is 3.34. The van der Waals surface area contributed by atoms with Gasteiger partial charge in [0.1, 0.15) is 23.3 Å². The number of rotatable bonds is 3. The highest BCUT2D eigenvalue weighted by Crippen LogP contribution is 2.33. The Morgan fingerprint density at radius 2 is 2.00 bits per heavy atom. The summed E-state index contributed by atoms with van der Waals surface area (Å²) in [5.74, 6) is -0.414. The molecule has 1 aliphatic heterocycles. The average molecular weight is 418 g/mol. The van der Waals surface area contributed by atoms with Crippen LogP contribution in [0.3, 0.4) is 0 Å². The Morgan fingerprint density at radius 1 is 1.23 bits per heavy atom. The van der Waals surface area contributed by atoms with Crippen molar-refractivity contribution < 1.29 is 22.8 Å². The van der Waals surface area contributed by atoms with Crippen molar-refractivity contribution >= 4 is 34.6 Å². The van der Waals surface area contributed by atoms with Gasteiger partial charge in [-0.1, -0.05) is 0 Å². The number of likely N-dealkylation sites (N-methyl/N-ethyl adjacent to an activating group) is 1. The molecule has 1 unspecified atom stereocenters. The average Bonchev–Trinajstić information content (AvgIpc) is 3.31. The number of fused-ring (bicyclic) bond motifs is 1. The first-order valence-corrected chi connectivity index (χ1v) is 9.00. The summed E-state index contributed by atoms with van der Waals surface area (Å²) in [6.45, 7) is 1.33. The van der Waals surface area contributed by atoms with Crippen LogP contribution in [0.15, 0.2) is 36.5 Å². The molecule has 0 bridgehead atoms. The number of hydrogen-bond acceptors (Lipinski definition) is 4. The summed E-state index contributed by atoms with van der Waals surface area (Å²) in [6.07, 6.45) is -2.89. The number of amides is 3. The third kappa shape index (κ3) is 3.42. The molecule has 0 radical (unpaired) electrons. The molecule has 30 heavy (non-hydrogen) atoms. The van der Waals surface area contributed by atoms with Crippen molar-refractivity contribution in [2.24, 2.45) is 0 Å². The molecule has 4 rings (SSSR count). The number of alkyl halides is 3. The first-order chi connectivity index (χ1) is 14.1. The van der Waals surface area contributed by atoms with E-state index in [1.165, 1.54) is 18.9 Å². The van der Waals surface area contributed by atoms with Gasteiger partial charge in [0.15, 0.2) is 0 Å². The SMILES string of the molecule is Cc1cc(C(F)(F)F)cc(N2C(=O)NCC2C(=O)N(C)c2ccc3cc[nH]c3n2)n1. The number of carbonyl (C=O) groups excluding carboxylic acids is 2. The first kappa shape index (κ1) is 19.7. The maximum atomic E-state index is 13.2. The van der Waals surface area contributed by atoms with Gasteiger partial charge in [0, 0.05) is 30.9 Å². The number of pyridine rings is 2. The summed E-state index contributed by atoms with van der Waals surface area (Å²) in [5.41, 5.74) is -0.277. The summed E-state index contributed by atoms with van der Waals surface area (Å²) in [7, 11) is 1.49. The lowest BCUT2D eigenvalue weighted by molar-refractivity contribution is -0.137.